The van der Waals surface area contributed by atoms with Gasteiger partial charge in [0, 0.05) is 10.7 Å². The Labute approximate surface area is 118 Å². The molecule has 0 saturated carbocycles. The highest BCUT2D eigenvalue weighted by molar-refractivity contribution is 6.31. The molecule has 0 unspecified atom stereocenters. The minimum absolute atomic E-state index is 0.0505. The number of hydrogen-bond donors (Lipinski definition) is 1. The monoisotopic (exact) mass is 273 g/mol. The largest absolute Gasteiger partial charge is 0.325 e. The van der Waals surface area contributed by atoms with Crippen LogP contribution in [0.25, 0.3) is 0 Å². The topological polar surface area (TPSA) is 29.1 Å². The van der Waals surface area contributed by atoms with Crippen LogP contribution in [-0.4, -0.2) is 5.91 Å². The minimum atomic E-state index is -0.0505. The molecule has 0 aliphatic heterocycles. The third kappa shape index (κ3) is 3.36. The molecule has 0 fully saturated rings. The Balaban J connectivity index is 2.12. The second kappa shape index (κ2) is 5.89. The Hall–Kier alpha value is -1.80. The standard InChI is InChI=1S/C16H16ClNO/c1-11-6-5-7-12(2)16(11)18-15(19)10-13-8-3-4-9-14(13)17/h3-9H,10H2,1-2H3,(H,18,19). The van der Waals surface area contributed by atoms with Crippen molar-refractivity contribution in [1.82, 2.24) is 0 Å². The summed E-state index contributed by atoms with van der Waals surface area (Å²) in [5.74, 6) is -0.0505. The van der Waals surface area contributed by atoms with Crippen LogP contribution >= 0.6 is 11.6 Å². The predicted octanol–water partition coefficient (Wildman–Crippen LogP) is 4.14. The van der Waals surface area contributed by atoms with Gasteiger partial charge < -0.3 is 5.32 Å². The van der Waals surface area contributed by atoms with Crippen LogP contribution in [0, 0.1) is 13.8 Å². The molecule has 0 saturated heterocycles. The van der Waals surface area contributed by atoms with E-state index in [0.717, 1.165) is 22.4 Å². The molecule has 0 bridgehead atoms. The van der Waals surface area contributed by atoms with E-state index in [2.05, 4.69) is 5.32 Å². The summed E-state index contributed by atoms with van der Waals surface area (Å²) >= 11 is 6.05. The quantitative estimate of drug-likeness (QED) is 0.895. The molecule has 3 heteroatoms. The molecular weight excluding hydrogens is 258 g/mol. The van der Waals surface area contributed by atoms with Gasteiger partial charge in [0.2, 0.25) is 5.91 Å². The number of aryl methyl sites for hydroxylation is 2. The van der Waals surface area contributed by atoms with E-state index in [9.17, 15) is 4.79 Å². The molecule has 0 heterocycles. The lowest BCUT2D eigenvalue weighted by Crippen LogP contribution is -2.16. The summed E-state index contributed by atoms with van der Waals surface area (Å²) in [6, 6.07) is 13.4. The van der Waals surface area contributed by atoms with Crippen LogP contribution in [0.3, 0.4) is 0 Å². The zero-order valence-electron chi connectivity index (χ0n) is 11.0. The highest BCUT2D eigenvalue weighted by Crippen LogP contribution is 2.21. The van der Waals surface area contributed by atoms with Crippen molar-refractivity contribution in [2.45, 2.75) is 20.3 Å². The van der Waals surface area contributed by atoms with Gasteiger partial charge in [-0.1, -0.05) is 48.0 Å². The molecule has 2 nitrogen and oxygen atoms in total. The molecule has 0 aromatic heterocycles. The van der Waals surface area contributed by atoms with Crippen LogP contribution in [0.5, 0.6) is 0 Å². The van der Waals surface area contributed by atoms with Crippen molar-refractivity contribution < 1.29 is 4.79 Å². The summed E-state index contributed by atoms with van der Waals surface area (Å²) in [7, 11) is 0. The maximum atomic E-state index is 12.1. The van der Waals surface area contributed by atoms with Crippen molar-refractivity contribution in [3.05, 3.63) is 64.2 Å². The van der Waals surface area contributed by atoms with Gasteiger partial charge in [0.1, 0.15) is 0 Å². The van der Waals surface area contributed by atoms with Crippen LogP contribution in [0.1, 0.15) is 16.7 Å². The number of anilines is 1. The third-order valence-electron chi connectivity index (χ3n) is 3.05. The normalized spacial score (nSPS) is 10.3. The second-order valence-electron chi connectivity index (χ2n) is 4.58. The number of benzene rings is 2. The van der Waals surface area contributed by atoms with Crippen molar-refractivity contribution in [1.29, 1.82) is 0 Å². The number of nitrogens with one attached hydrogen (secondary N) is 1. The molecular formula is C16H16ClNO. The summed E-state index contributed by atoms with van der Waals surface area (Å²) in [6.45, 7) is 3.97. The van der Waals surface area contributed by atoms with Gasteiger partial charge >= 0.3 is 0 Å². The first-order valence-electron chi connectivity index (χ1n) is 6.17. The molecule has 0 atom stereocenters. The summed E-state index contributed by atoms with van der Waals surface area (Å²) in [4.78, 5) is 12.1. The van der Waals surface area contributed by atoms with Crippen LogP contribution in [0.2, 0.25) is 5.02 Å². The van der Waals surface area contributed by atoms with E-state index in [1.165, 1.54) is 0 Å². The van der Waals surface area contributed by atoms with E-state index in [0.29, 0.717) is 5.02 Å². The molecule has 2 aromatic carbocycles. The number of para-hydroxylation sites is 1. The lowest BCUT2D eigenvalue weighted by Gasteiger charge is -2.11. The van der Waals surface area contributed by atoms with E-state index < -0.39 is 0 Å². The SMILES string of the molecule is Cc1cccc(C)c1NC(=O)Cc1ccccc1Cl. The van der Waals surface area contributed by atoms with Gasteiger partial charge in [0.15, 0.2) is 0 Å². The van der Waals surface area contributed by atoms with Crippen molar-refractivity contribution in [2.75, 3.05) is 5.32 Å². The Kier molecular flexibility index (Phi) is 4.23. The van der Waals surface area contributed by atoms with E-state index in [1.807, 2.05) is 50.2 Å². The molecule has 1 N–H and O–H groups in total. The van der Waals surface area contributed by atoms with Gasteiger partial charge in [-0.05, 0) is 36.6 Å². The van der Waals surface area contributed by atoms with Gasteiger partial charge in [-0.25, -0.2) is 0 Å². The minimum Gasteiger partial charge on any atom is -0.325 e. The molecule has 98 valence electrons. The first-order valence-corrected chi connectivity index (χ1v) is 6.55. The molecule has 0 radical (unpaired) electrons. The van der Waals surface area contributed by atoms with E-state index >= 15 is 0 Å². The average Bonchev–Trinajstić information content (AvgIpc) is 2.37. The zero-order chi connectivity index (χ0) is 13.8. The van der Waals surface area contributed by atoms with Gasteiger partial charge in [-0.15, -0.1) is 0 Å². The van der Waals surface area contributed by atoms with Crippen molar-refractivity contribution in [3.63, 3.8) is 0 Å². The lowest BCUT2D eigenvalue weighted by molar-refractivity contribution is -0.115. The Morgan fingerprint density at radius 3 is 2.32 bits per heavy atom. The molecule has 2 aromatic rings. The molecule has 2 rings (SSSR count). The fraction of sp³-hybridized carbons (Fsp3) is 0.188. The molecule has 0 aliphatic rings. The molecule has 0 spiro atoms. The van der Waals surface area contributed by atoms with Crippen LogP contribution in [0.15, 0.2) is 42.5 Å². The smallest absolute Gasteiger partial charge is 0.228 e. The van der Waals surface area contributed by atoms with Gasteiger partial charge in [0.05, 0.1) is 6.42 Å². The highest BCUT2D eigenvalue weighted by Gasteiger charge is 2.09. The number of amides is 1. The lowest BCUT2D eigenvalue weighted by atomic mass is 10.1. The zero-order valence-corrected chi connectivity index (χ0v) is 11.8. The maximum Gasteiger partial charge on any atom is 0.228 e. The second-order valence-corrected chi connectivity index (χ2v) is 4.99. The van der Waals surface area contributed by atoms with Crippen molar-refractivity contribution >= 4 is 23.2 Å². The number of carbonyl (C=O) groups is 1. The highest BCUT2D eigenvalue weighted by atomic mass is 35.5. The molecule has 0 aliphatic carbocycles. The van der Waals surface area contributed by atoms with Crippen molar-refractivity contribution in [3.8, 4) is 0 Å². The van der Waals surface area contributed by atoms with Gasteiger partial charge in [-0.3, -0.25) is 4.79 Å². The number of hydrogen-bond acceptors (Lipinski definition) is 1. The summed E-state index contributed by atoms with van der Waals surface area (Å²) in [6.07, 6.45) is 0.285. The Morgan fingerprint density at radius 2 is 1.68 bits per heavy atom. The number of halogens is 1. The van der Waals surface area contributed by atoms with Crippen LogP contribution < -0.4 is 5.32 Å². The van der Waals surface area contributed by atoms with Crippen LogP contribution in [-0.2, 0) is 11.2 Å². The molecule has 19 heavy (non-hydrogen) atoms. The fourth-order valence-corrected chi connectivity index (χ4v) is 2.21. The molecule has 1 amide bonds. The van der Waals surface area contributed by atoms with Gasteiger partial charge in [0.25, 0.3) is 0 Å². The fourth-order valence-electron chi connectivity index (χ4n) is 2.01. The predicted molar refractivity (Wildman–Crippen MR) is 79.7 cm³/mol. The van der Waals surface area contributed by atoms with Crippen molar-refractivity contribution in [2.24, 2.45) is 0 Å². The average molecular weight is 274 g/mol. The maximum absolute atomic E-state index is 12.1. The number of rotatable bonds is 3. The summed E-state index contributed by atoms with van der Waals surface area (Å²) in [5, 5.41) is 3.58. The summed E-state index contributed by atoms with van der Waals surface area (Å²) < 4.78 is 0. The number of carbonyl (C=O) groups excluding carboxylic acids is 1. The third-order valence-corrected chi connectivity index (χ3v) is 3.42. The van der Waals surface area contributed by atoms with Gasteiger partial charge in [-0.2, -0.15) is 0 Å². The summed E-state index contributed by atoms with van der Waals surface area (Å²) in [5.41, 5.74) is 3.85. The van der Waals surface area contributed by atoms with Crippen LogP contribution in [0.4, 0.5) is 5.69 Å². The van der Waals surface area contributed by atoms with E-state index in [1.54, 1.807) is 6.07 Å². The van der Waals surface area contributed by atoms with E-state index in [4.69, 9.17) is 11.6 Å². The Bertz CT molecular complexity index is 587. The van der Waals surface area contributed by atoms with E-state index in [-0.39, 0.29) is 12.3 Å². The first kappa shape index (κ1) is 13.6. The Morgan fingerprint density at radius 1 is 1.05 bits per heavy atom. The first-order chi connectivity index (χ1) is 9.08.